The molecule has 0 heterocycles. The molecule has 1 unspecified atom stereocenters. The van der Waals surface area contributed by atoms with Crippen LogP contribution in [-0.4, -0.2) is 43.0 Å². The first-order chi connectivity index (χ1) is 18.0. The Labute approximate surface area is 222 Å². The van der Waals surface area contributed by atoms with Crippen LogP contribution in [0.2, 0.25) is 0 Å². The van der Waals surface area contributed by atoms with Gasteiger partial charge in [-0.05, 0) is 53.9 Å². The van der Waals surface area contributed by atoms with E-state index in [9.17, 15) is 24.3 Å². The first kappa shape index (κ1) is 27.9. The number of hydrogen-bond acceptors (Lipinski definition) is 4. The maximum absolute atomic E-state index is 13.0. The lowest BCUT2D eigenvalue weighted by molar-refractivity contribution is -0.137. The number of carbonyl (C=O) groups is 4. The molecular formula is C29H32N4O5. The molecule has 0 aliphatic carbocycles. The van der Waals surface area contributed by atoms with E-state index in [0.29, 0.717) is 16.9 Å². The van der Waals surface area contributed by atoms with Gasteiger partial charge in [-0.25, -0.2) is 4.79 Å². The summed E-state index contributed by atoms with van der Waals surface area (Å²) in [5, 5.41) is 14.7. The van der Waals surface area contributed by atoms with Crippen LogP contribution in [0.5, 0.6) is 0 Å². The fourth-order valence-electron chi connectivity index (χ4n) is 4.02. The third-order valence-electron chi connectivity index (χ3n) is 6.13. The van der Waals surface area contributed by atoms with Gasteiger partial charge in [0.1, 0.15) is 0 Å². The molecule has 9 nitrogen and oxygen atoms in total. The number of anilines is 3. The number of para-hydroxylation sites is 1. The predicted molar refractivity (Wildman–Crippen MR) is 147 cm³/mol. The highest BCUT2D eigenvalue weighted by Crippen LogP contribution is 2.24. The summed E-state index contributed by atoms with van der Waals surface area (Å²) in [7, 11) is 3.34. The van der Waals surface area contributed by atoms with Gasteiger partial charge in [0.05, 0.1) is 18.9 Å². The molecule has 0 radical (unpaired) electrons. The fourth-order valence-corrected chi connectivity index (χ4v) is 4.02. The highest BCUT2D eigenvalue weighted by Gasteiger charge is 2.19. The number of carboxylic acids is 1. The van der Waals surface area contributed by atoms with E-state index >= 15 is 0 Å². The summed E-state index contributed by atoms with van der Waals surface area (Å²) in [6, 6.07) is 20.6. The average molecular weight is 517 g/mol. The van der Waals surface area contributed by atoms with Gasteiger partial charge in [-0.2, -0.15) is 0 Å². The fraction of sp³-hybridized carbons (Fsp3) is 0.241. The molecule has 38 heavy (non-hydrogen) atoms. The van der Waals surface area contributed by atoms with E-state index in [0.717, 1.165) is 16.8 Å². The number of rotatable bonds is 9. The molecular weight excluding hydrogens is 484 g/mol. The second kappa shape index (κ2) is 12.5. The number of carboxylic acid groups (broad SMARTS) is 1. The number of urea groups is 1. The van der Waals surface area contributed by atoms with Crippen molar-refractivity contribution < 1.29 is 24.3 Å². The zero-order valence-electron chi connectivity index (χ0n) is 21.9. The standard InChI is InChI=1S/C29H32N4O5/c1-19-8-5-6-11-26(19)33(4)29(38)31-23-14-12-21(13-15-23)16-27(35)32(3)24-10-7-9-22(17-24)25(18-28(36)37)30-20(2)34/h5-15,17,25H,16,18H2,1-4H3,(H,30,34)(H,31,38)(H,36,37). The van der Waals surface area contributed by atoms with Crippen molar-refractivity contribution in [3.05, 3.63) is 89.5 Å². The molecule has 198 valence electrons. The van der Waals surface area contributed by atoms with E-state index in [-0.39, 0.29) is 30.7 Å². The Kier molecular flexibility index (Phi) is 9.21. The molecule has 9 heteroatoms. The largest absolute Gasteiger partial charge is 0.481 e. The quantitative estimate of drug-likeness (QED) is 0.386. The first-order valence-corrected chi connectivity index (χ1v) is 12.1. The van der Waals surface area contributed by atoms with Crippen molar-refractivity contribution in [3.63, 3.8) is 0 Å². The maximum atomic E-state index is 13.0. The number of amides is 4. The highest BCUT2D eigenvalue weighted by molar-refractivity contribution is 6.01. The van der Waals surface area contributed by atoms with Gasteiger partial charge >= 0.3 is 12.0 Å². The summed E-state index contributed by atoms with van der Waals surface area (Å²) < 4.78 is 0. The van der Waals surface area contributed by atoms with Gasteiger partial charge in [0.15, 0.2) is 0 Å². The topological polar surface area (TPSA) is 119 Å². The van der Waals surface area contributed by atoms with Gasteiger partial charge in [-0.15, -0.1) is 0 Å². The summed E-state index contributed by atoms with van der Waals surface area (Å²) in [4.78, 5) is 51.5. The van der Waals surface area contributed by atoms with E-state index in [1.807, 2.05) is 31.2 Å². The van der Waals surface area contributed by atoms with Crippen molar-refractivity contribution in [2.24, 2.45) is 0 Å². The van der Waals surface area contributed by atoms with Gasteiger partial charge < -0.3 is 20.6 Å². The van der Waals surface area contributed by atoms with E-state index in [1.165, 1.54) is 11.8 Å². The third kappa shape index (κ3) is 7.42. The predicted octanol–water partition coefficient (Wildman–Crippen LogP) is 4.52. The molecule has 0 saturated heterocycles. The van der Waals surface area contributed by atoms with Crippen LogP contribution >= 0.6 is 0 Å². The van der Waals surface area contributed by atoms with Crippen LogP contribution in [0.4, 0.5) is 21.9 Å². The number of likely N-dealkylation sites (N-methyl/N-ethyl adjacent to an activating group) is 1. The molecule has 3 rings (SSSR count). The molecule has 3 aromatic rings. The summed E-state index contributed by atoms with van der Waals surface area (Å²) in [6.45, 7) is 3.27. The molecule has 3 N–H and O–H groups in total. The molecule has 0 bridgehead atoms. The SMILES string of the molecule is CC(=O)NC(CC(=O)O)c1cccc(N(C)C(=O)Cc2ccc(NC(=O)N(C)c3ccccc3C)cc2)c1. The Hall–Kier alpha value is -4.66. The van der Waals surface area contributed by atoms with Crippen LogP contribution in [0.25, 0.3) is 0 Å². The average Bonchev–Trinajstić information content (AvgIpc) is 2.88. The molecule has 1 atom stereocenters. The second-order valence-corrected chi connectivity index (χ2v) is 9.05. The smallest absolute Gasteiger partial charge is 0.326 e. The van der Waals surface area contributed by atoms with Crippen molar-refractivity contribution in [2.75, 3.05) is 29.2 Å². The summed E-state index contributed by atoms with van der Waals surface area (Å²) in [5.74, 6) is -1.56. The number of carbonyl (C=O) groups excluding carboxylic acids is 3. The lowest BCUT2D eigenvalue weighted by atomic mass is 10.0. The molecule has 0 aliphatic heterocycles. The normalized spacial score (nSPS) is 11.3. The van der Waals surface area contributed by atoms with E-state index in [4.69, 9.17) is 0 Å². The maximum Gasteiger partial charge on any atom is 0.326 e. The van der Waals surface area contributed by atoms with E-state index < -0.39 is 12.0 Å². The van der Waals surface area contributed by atoms with Crippen LogP contribution < -0.4 is 20.4 Å². The van der Waals surface area contributed by atoms with Crippen molar-refractivity contribution >= 4 is 40.9 Å². The van der Waals surface area contributed by atoms with E-state index in [2.05, 4.69) is 10.6 Å². The number of aliphatic carboxylic acids is 1. The lowest BCUT2D eigenvalue weighted by Crippen LogP contribution is -2.31. The molecule has 0 aromatic heterocycles. The van der Waals surface area contributed by atoms with Gasteiger partial charge in [-0.3, -0.25) is 19.3 Å². The third-order valence-corrected chi connectivity index (χ3v) is 6.13. The Bertz CT molecular complexity index is 1310. The zero-order valence-corrected chi connectivity index (χ0v) is 21.9. The second-order valence-electron chi connectivity index (χ2n) is 9.05. The van der Waals surface area contributed by atoms with Crippen molar-refractivity contribution in [1.29, 1.82) is 0 Å². The number of benzene rings is 3. The minimum Gasteiger partial charge on any atom is -0.481 e. The number of nitrogens with zero attached hydrogens (tertiary/aromatic N) is 2. The Morgan fingerprint density at radius 1 is 0.895 bits per heavy atom. The first-order valence-electron chi connectivity index (χ1n) is 12.1. The van der Waals surface area contributed by atoms with Gasteiger partial charge in [-0.1, -0.05) is 42.5 Å². The van der Waals surface area contributed by atoms with Crippen LogP contribution in [-0.2, 0) is 20.8 Å². The molecule has 0 spiro atoms. The van der Waals surface area contributed by atoms with Crippen LogP contribution in [0.3, 0.4) is 0 Å². The van der Waals surface area contributed by atoms with Crippen LogP contribution in [0.1, 0.15) is 36.1 Å². The number of nitrogens with one attached hydrogen (secondary N) is 2. The number of aryl methyl sites for hydroxylation is 1. The van der Waals surface area contributed by atoms with Crippen molar-refractivity contribution in [2.45, 2.75) is 32.7 Å². The highest BCUT2D eigenvalue weighted by atomic mass is 16.4. The Balaban J connectivity index is 1.64. The van der Waals surface area contributed by atoms with Crippen molar-refractivity contribution in [1.82, 2.24) is 5.32 Å². The van der Waals surface area contributed by atoms with E-state index in [1.54, 1.807) is 67.5 Å². The summed E-state index contributed by atoms with van der Waals surface area (Å²) >= 11 is 0. The molecule has 3 aromatic carbocycles. The molecule has 0 fully saturated rings. The summed E-state index contributed by atoms with van der Waals surface area (Å²) in [6.07, 6.45) is -0.146. The van der Waals surface area contributed by atoms with Crippen LogP contribution in [0, 0.1) is 6.92 Å². The molecule has 0 aliphatic rings. The molecule has 4 amide bonds. The van der Waals surface area contributed by atoms with Crippen molar-refractivity contribution in [3.8, 4) is 0 Å². The zero-order chi connectivity index (χ0) is 27.8. The monoisotopic (exact) mass is 516 g/mol. The Morgan fingerprint density at radius 3 is 2.21 bits per heavy atom. The number of hydrogen-bond donors (Lipinski definition) is 3. The minimum absolute atomic E-state index is 0.127. The Morgan fingerprint density at radius 2 is 1.58 bits per heavy atom. The lowest BCUT2D eigenvalue weighted by Gasteiger charge is -2.21. The molecule has 0 saturated carbocycles. The van der Waals surface area contributed by atoms with Gasteiger partial charge in [0, 0.05) is 38.1 Å². The summed E-state index contributed by atoms with van der Waals surface area (Å²) in [5.41, 5.74) is 4.35. The van der Waals surface area contributed by atoms with Crippen LogP contribution in [0.15, 0.2) is 72.8 Å². The minimum atomic E-state index is -1.04. The van der Waals surface area contributed by atoms with Gasteiger partial charge in [0.25, 0.3) is 0 Å². The van der Waals surface area contributed by atoms with Gasteiger partial charge in [0.2, 0.25) is 11.8 Å².